The Morgan fingerprint density at radius 1 is 1.06 bits per heavy atom. The first-order valence-electron chi connectivity index (χ1n) is 5.64. The smallest absolute Gasteiger partial charge is 0.123 e. The van der Waals surface area contributed by atoms with Gasteiger partial charge in [-0.3, -0.25) is 0 Å². The summed E-state index contributed by atoms with van der Waals surface area (Å²) in [6.45, 7) is 0. The van der Waals surface area contributed by atoms with Gasteiger partial charge in [0.2, 0.25) is 0 Å². The molecule has 0 radical (unpaired) electrons. The second-order valence-electron chi connectivity index (χ2n) is 4.14. The van der Waals surface area contributed by atoms with Gasteiger partial charge in [-0.05, 0) is 39.7 Å². The number of hydrogen-bond donors (Lipinski definition) is 0. The first-order valence-corrected chi connectivity index (χ1v) is 7.25. The molecule has 0 bridgehead atoms. The minimum atomic E-state index is -0.188. The minimum Gasteiger partial charge on any atom is -0.207 e. The Bertz CT molecular complexity index is 688. The Morgan fingerprint density at radius 3 is 2.61 bits per heavy atom. The molecule has 3 aromatic rings. The summed E-state index contributed by atoms with van der Waals surface area (Å²) in [6, 6.07) is 15.2. The van der Waals surface area contributed by atoms with E-state index in [1.807, 2.05) is 24.3 Å². The van der Waals surface area contributed by atoms with Gasteiger partial charge in [0.15, 0.2) is 0 Å². The third-order valence-electron chi connectivity index (χ3n) is 2.86. The monoisotopic (exact) mass is 320 g/mol. The zero-order valence-electron chi connectivity index (χ0n) is 9.49. The first-order chi connectivity index (χ1) is 8.74. The van der Waals surface area contributed by atoms with Crippen molar-refractivity contribution in [2.45, 2.75) is 6.42 Å². The van der Waals surface area contributed by atoms with Crippen LogP contribution in [0.15, 0.2) is 53.0 Å². The Labute approximate surface area is 117 Å². The Balaban J connectivity index is 2.05. The van der Waals surface area contributed by atoms with E-state index in [1.54, 1.807) is 17.4 Å². The van der Waals surface area contributed by atoms with Gasteiger partial charge < -0.3 is 0 Å². The lowest BCUT2D eigenvalue weighted by Gasteiger charge is -1.98. The maximum absolute atomic E-state index is 13.2. The van der Waals surface area contributed by atoms with Crippen LogP contribution in [0.5, 0.6) is 0 Å². The summed E-state index contributed by atoms with van der Waals surface area (Å²) in [7, 11) is 0. The zero-order chi connectivity index (χ0) is 12.5. The van der Waals surface area contributed by atoms with Crippen LogP contribution in [0.1, 0.15) is 10.4 Å². The summed E-state index contributed by atoms with van der Waals surface area (Å²) in [5, 5.41) is 0.964. The third kappa shape index (κ3) is 2.20. The maximum atomic E-state index is 13.2. The van der Waals surface area contributed by atoms with Gasteiger partial charge in [0.05, 0.1) is 0 Å². The Morgan fingerprint density at radius 2 is 1.83 bits per heavy atom. The first kappa shape index (κ1) is 11.9. The van der Waals surface area contributed by atoms with Gasteiger partial charge in [0.25, 0.3) is 0 Å². The van der Waals surface area contributed by atoms with Crippen LogP contribution < -0.4 is 0 Å². The molecule has 0 aliphatic heterocycles. The summed E-state index contributed by atoms with van der Waals surface area (Å²) in [6.07, 6.45) is 0.877. The average Bonchev–Trinajstić information content (AvgIpc) is 2.68. The van der Waals surface area contributed by atoms with Gasteiger partial charge in [-0.2, -0.15) is 0 Å². The van der Waals surface area contributed by atoms with Crippen molar-refractivity contribution in [1.82, 2.24) is 0 Å². The summed E-state index contributed by atoms with van der Waals surface area (Å²) >= 11 is 5.30. The standard InChI is InChI=1S/C15H10BrFS/c16-15-12-9-11(17)6-7-13(12)18-14(15)8-10-4-2-1-3-5-10/h1-7,9H,8H2. The SMILES string of the molecule is Fc1ccc2sc(Cc3ccccc3)c(Br)c2c1. The van der Waals surface area contributed by atoms with Crippen molar-refractivity contribution in [3.63, 3.8) is 0 Å². The molecule has 1 heterocycles. The third-order valence-corrected chi connectivity index (χ3v) is 5.20. The van der Waals surface area contributed by atoms with Crippen molar-refractivity contribution in [3.05, 3.63) is 69.3 Å². The van der Waals surface area contributed by atoms with Gasteiger partial charge in [-0.25, -0.2) is 4.39 Å². The predicted molar refractivity (Wildman–Crippen MR) is 78.7 cm³/mol. The molecule has 1 aromatic heterocycles. The van der Waals surface area contributed by atoms with Crippen LogP contribution in [0.4, 0.5) is 4.39 Å². The molecule has 0 N–H and O–H groups in total. The summed E-state index contributed by atoms with van der Waals surface area (Å²) in [4.78, 5) is 1.24. The summed E-state index contributed by atoms with van der Waals surface area (Å²) in [5.74, 6) is -0.188. The van der Waals surface area contributed by atoms with Crippen molar-refractivity contribution in [2.24, 2.45) is 0 Å². The second kappa shape index (κ2) is 4.82. The molecule has 0 saturated heterocycles. The molecule has 2 aromatic carbocycles. The fourth-order valence-electron chi connectivity index (χ4n) is 1.99. The highest BCUT2D eigenvalue weighted by molar-refractivity contribution is 9.10. The van der Waals surface area contributed by atoms with Crippen LogP contribution in [-0.4, -0.2) is 0 Å². The molecule has 0 fully saturated rings. The molecule has 0 aliphatic rings. The lowest BCUT2D eigenvalue weighted by molar-refractivity contribution is 0.630. The molecular formula is C15H10BrFS. The fraction of sp³-hybridized carbons (Fsp3) is 0.0667. The molecule has 3 rings (SSSR count). The van der Waals surface area contributed by atoms with Gasteiger partial charge in [0.1, 0.15) is 5.82 Å². The molecule has 3 heteroatoms. The van der Waals surface area contributed by atoms with Gasteiger partial charge in [-0.1, -0.05) is 30.3 Å². The van der Waals surface area contributed by atoms with Gasteiger partial charge in [0, 0.05) is 25.9 Å². The summed E-state index contributed by atoms with van der Waals surface area (Å²) < 4.78 is 15.4. The molecule has 0 atom stereocenters. The van der Waals surface area contributed by atoms with Crippen molar-refractivity contribution >= 4 is 37.4 Å². The van der Waals surface area contributed by atoms with Crippen LogP contribution in [-0.2, 0) is 6.42 Å². The molecule has 18 heavy (non-hydrogen) atoms. The number of fused-ring (bicyclic) bond motifs is 1. The number of hydrogen-bond acceptors (Lipinski definition) is 1. The largest absolute Gasteiger partial charge is 0.207 e. The zero-order valence-corrected chi connectivity index (χ0v) is 11.9. The number of halogens is 2. The van der Waals surface area contributed by atoms with Crippen LogP contribution >= 0.6 is 27.3 Å². The topological polar surface area (TPSA) is 0 Å². The van der Waals surface area contributed by atoms with E-state index >= 15 is 0 Å². The highest BCUT2D eigenvalue weighted by Gasteiger charge is 2.10. The summed E-state index contributed by atoms with van der Waals surface area (Å²) in [5.41, 5.74) is 1.27. The molecular weight excluding hydrogens is 311 g/mol. The molecule has 0 aliphatic carbocycles. The van der Waals surface area contributed by atoms with E-state index < -0.39 is 0 Å². The van der Waals surface area contributed by atoms with Crippen molar-refractivity contribution in [2.75, 3.05) is 0 Å². The van der Waals surface area contributed by atoms with E-state index in [9.17, 15) is 4.39 Å². The van der Waals surface area contributed by atoms with E-state index in [-0.39, 0.29) is 5.82 Å². The van der Waals surface area contributed by atoms with Crippen LogP contribution in [0.25, 0.3) is 10.1 Å². The second-order valence-corrected chi connectivity index (χ2v) is 6.07. The number of thiophene rings is 1. The van der Waals surface area contributed by atoms with Crippen molar-refractivity contribution in [1.29, 1.82) is 0 Å². The van der Waals surface area contributed by atoms with E-state index in [0.29, 0.717) is 0 Å². The van der Waals surface area contributed by atoms with Crippen LogP contribution in [0, 0.1) is 5.82 Å². The van der Waals surface area contributed by atoms with Gasteiger partial charge >= 0.3 is 0 Å². The fourth-order valence-corrected chi connectivity index (χ4v) is 3.94. The van der Waals surface area contributed by atoms with E-state index in [4.69, 9.17) is 0 Å². The lowest BCUT2D eigenvalue weighted by Crippen LogP contribution is -1.83. The molecule has 0 saturated carbocycles. The molecule has 0 spiro atoms. The molecule has 90 valence electrons. The highest BCUT2D eigenvalue weighted by atomic mass is 79.9. The van der Waals surface area contributed by atoms with Gasteiger partial charge in [-0.15, -0.1) is 11.3 Å². The quantitative estimate of drug-likeness (QED) is 0.593. The maximum Gasteiger partial charge on any atom is 0.123 e. The molecule has 0 amide bonds. The average molecular weight is 321 g/mol. The normalized spacial score (nSPS) is 11.0. The van der Waals surface area contributed by atoms with Crippen molar-refractivity contribution in [3.8, 4) is 0 Å². The number of rotatable bonds is 2. The highest BCUT2D eigenvalue weighted by Crippen LogP contribution is 2.37. The van der Waals surface area contributed by atoms with Crippen LogP contribution in [0.3, 0.4) is 0 Å². The number of benzene rings is 2. The molecule has 0 unspecified atom stereocenters. The Hall–Kier alpha value is -1.19. The van der Waals surface area contributed by atoms with E-state index in [2.05, 4.69) is 28.1 Å². The minimum absolute atomic E-state index is 0.188. The predicted octanol–water partition coefficient (Wildman–Crippen LogP) is 5.39. The van der Waals surface area contributed by atoms with E-state index in [1.165, 1.54) is 16.5 Å². The molecule has 0 nitrogen and oxygen atoms in total. The lowest BCUT2D eigenvalue weighted by atomic mass is 10.1. The van der Waals surface area contributed by atoms with Crippen molar-refractivity contribution < 1.29 is 4.39 Å². The Kier molecular flexibility index (Phi) is 3.18. The van der Waals surface area contributed by atoms with Crippen LogP contribution in [0.2, 0.25) is 0 Å². The van der Waals surface area contributed by atoms with E-state index in [0.717, 1.165) is 21.0 Å².